The normalized spacial score (nSPS) is 17.7. The van der Waals surface area contributed by atoms with E-state index in [-0.39, 0.29) is 47.5 Å². The number of fused-ring (bicyclic) bond motifs is 5. The van der Waals surface area contributed by atoms with Crippen molar-refractivity contribution in [2.24, 2.45) is 0 Å². The van der Waals surface area contributed by atoms with E-state index in [4.69, 9.17) is 14.2 Å². The van der Waals surface area contributed by atoms with Crippen LogP contribution in [-0.2, 0) is 13.1 Å². The molecular weight excluding hydrogens is 500 g/mol. The summed E-state index contributed by atoms with van der Waals surface area (Å²) >= 11 is 0. The fourth-order valence-electron chi connectivity index (χ4n) is 4.39. The van der Waals surface area contributed by atoms with Crippen LogP contribution < -0.4 is 24.3 Å². The number of aromatic nitrogens is 4. The van der Waals surface area contributed by atoms with Crippen molar-refractivity contribution in [3.05, 3.63) is 41.7 Å². The third-order valence-electron chi connectivity index (χ3n) is 6.06. The summed E-state index contributed by atoms with van der Waals surface area (Å²) in [6.07, 6.45) is -3.84. The third kappa shape index (κ3) is 4.16. The van der Waals surface area contributed by atoms with Gasteiger partial charge in [-0.1, -0.05) is 0 Å². The smallest absolute Gasteiger partial charge is 0.497 e. The molecule has 0 spiro atoms. The average Bonchev–Trinajstić information content (AvgIpc) is 3.40. The van der Waals surface area contributed by atoms with Gasteiger partial charge in [0.25, 0.3) is 5.92 Å². The Morgan fingerprint density at radius 1 is 1.03 bits per heavy atom. The second-order valence-corrected chi connectivity index (χ2v) is 8.69. The minimum atomic E-state index is -3.84. The highest BCUT2D eigenvalue weighted by Gasteiger charge is 2.45. The van der Waals surface area contributed by atoms with E-state index in [9.17, 15) is 17.6 Å². The number of likely N-dealkylation sites (tertiary alicyclic amines) is 1. The zero-order valence-corrected chi connectivity index (χ0v) is 19.6. The zero-order valence-electron chi connectivity index (χ0n) is 19.6. The highest BCUT2D eigenvalue weighted by atomic mass is 19.3. The molecule has 0 bridgehead atoms. The first-order valence-electron chi connectivity index (χ1n) is 11.2. The van der Waals surface area contributed by atoms with Crippen molar-refractivity contribution in [1.82, 2.24) is 24.5 Å². The first-order valence-corrected chi connectivity index (χ1v) is 11.2. The second kappa shape index (κ2) is 8.23. The van der Waals surface area contributed by atoms with Crippen molar-refractivity contribution in [3.63, 3.8) is 0 Å². The predicted octanol–water partition coefficient (Wildman–Crippen LogP) is 3.68. The van der Waals surface area contributed by atoms with E-state index in [1.807, 2.05) is 0 Å². The highest BCUT2D eigenvalue weighted by Crippen LogP contribution is 2.46. The summed E-state index contributed by atoms with van der Waals surface area (Å²) in [6, 6.07) is 8.14. The molecule has 0 amide bonds. The van der Waals surface area contributed by atoms with Crippen molar-refractivity contribution in [2.75, 3.05) is 32.6 Å². The van der Waals surface area contributed by atoms with Crippen molar-refractivity contribution < 1.29 is 36.5 Å². The molecular formula is C23H20F4N6O4. The molecule has 0 saturated carbocycles. The molecule has 2 aromatic carbocycles. The van der Waals surface area contributed by atoms with Gasteiger partial charge in [0, 0.05) is 23.6 Å². The second-order valence-electron chi connectivity index (χ2n) is 8.69. The monoisotopic (exact) mass is 520 g/mol. The molecule has 4 aromatic rings. The third-order valence-corrected chi connectivity index (χ3v) is 6.06. The summed E-state index contributed by atoms with van der Waals surface area (Å²) < 4.78 is 75.7. The fourth-order valence-corrected chi connectivity index (χ4v) is 4.39. The minimum Gasteiger partial charge on any atom is -0.497 e. The summed E-state index contributed by atoms with van der Waals surface area (Å²) in [7, 11) is 3.06. The average molecular weight is 520 g/mol. The van der Waals surface area contributed by atoms with Crippen molar-refractivity contribution >= 4 is 22.5 Å². The van der Waals surface area contributed by atoms with Crippen LogP contribution in [-0.4, -0.2) is 64.0 Å². The van der Waals surface area contributed by atoms with Crippen LogP contribution >= 0.6 is 0 Å². The van der Waals surface area contributed by atoms with E-state index < -0.39 is 25.3 Å². The van der Waals surface area contributed by atoms with Gasteiger partial charge in [0.15, 0.2) is 23.0 Å². The number of nitrogens with one attached hydrogen (secondary N) is 1. The lowest BCUT2D eigenvalue weighted by Gasteiger charge is -2.37. The lowest BCUT2D eigenvalue weighted by atomic mass is 10.1. The summed E-state index contributed by atoms with van der Waals surface area (Å²) in [6.45, 7) is -0.473. The van der Waals surface area contributed by atoms with Crippen LogP contribution in [0, 0.1) is 0 Å². The highest BCUT2D eigenvalue weighted by molar-refractivity contribution is 5.97. The van der Waals surface area contributed by atoms with Crippen molar-refractivity contribution in [3.8, 4) is 23.0 Å². The largest absolute Gasteiger partial charge is 0.586 e. The van der Waals surface area contributed by atoms with E-state index in [1.54, 1.807) is 25.3 Å². The van der Waals surface area contributed by atoms with Gasteiger partial charge in [-0.25, -0.2) is 18.7 Å². The molecule has 10 nitrogen and oxygen atoms in total. The van der Waals surface area contributed by atoms with Crippen LogP contribution in [0.5, 0.6) is 23.0 Å². The van der Waals surface area contributed by atoms with Gasteiger partial charge in [-0.05, 0) is 24.3 Å². The molecule has 14 heteroatoms. The van der Waals surface area contributed by atoms with Crippen molar-refractivity contribution in [1.29, 1.82) is 0 Å². The number of benzene rings is 2. The first-order chi connectivity index (χ1) is 17.6. The van der Waals surface area contributed by atoms with E-state index in [0.717, 1.165) is 5.56 Å². The summed E-state index contributed by atoms with van der Waals surface area (Å²) in [5, 5.41) is 7.97. The molecule has 1 saturated heterocycles. The van der Waals surface area contributed by atoms with Gasteiger partial charge in [0.05, 0.1) is 33.9 Å². The van der Waals surface area contributed by atoms with E-state index >= 15 is 0 Å². The van der Waals surface area contributed by atoms with Gasteiger partial charge in [-0.3, -0.25) is 4.90 Å². The Bertz CT molecular complexity index is 1520. The number of halogens is 4. The van der Waals surface area contributed by atoms with Gasteiger partial charge in [0.2, 0.25) is 5.95 Å². The number of hydrogen-bond acceptors (Lipinski definition) is 9. The molecule has 2 aromatic heterocycles. The maximum absolute atomic E-state index is 13.8. The maximum Gasteiger partial charge on any atom is 0.586 e. The lowest BCUT2D eigenvalue weighted by Crippen LogP contribution is -2.55. The summed E-state index contributed by atoms with van der Waals surface area (Å²) in [5.41, 5.74) is 1.13. The van der Waals surface area contributed by atoms with Gasteiger partial charge < -0.3 is 24.3 Å². The van der Waals surface area contributed by atoms with Crippen LogP contribution in [0.25, 0.3) is 16.6 Å². The summed E-state index contributed by atoms with van der Waals surface area (Å²) in [4.78, 5) is 10.5. The molecule has 0 radical (unpaired) electrons. The number of ether oxygens (including phenoxy) is 4. The first kappa shape index (κ1) is 23.3. The van der Waals surface area contributed by atoms with Gasteiger partial charge in [-0.15, -0.1) is 13.9 Å². The molecule has 0 atom stereocenters. The molecule has 6 rings (SSSR count). The molecule has 1 fully saturated rings. The van der Waals surface area contributed by atoms with E-state index in [1.165, 1.54) is 28.7 Å². The predicted molar refractivity (Wildman–Crippen MR) is 122 cm³/mol. The zero-order chi connectivity index (χ0) is 25.9. The van der Waals surface area contributed by atoms with Crippen LogP contribution in [0.1, 0.15) is 11.4 Å². The molecule has 0 unspecified atom stereocenters. The molecule has 37 heavy (non-hydrogen) atoms. The van der Waals surface area contributed by atoms with Gasteiger partial charge >= 0.3 is 6.29 Å². The molecule has 1 N–H and O–H groups in total. The minimum absolute atomic E-state index is 0.0841. The Kier molecular flexibility index (Phi) is 5.19. The maximum atomic E-state index is 13.8. The topological polar surface area (TPSA) is 95.3 Å². The van der Waals surface area contributed by atoms with Crippen LogP contribution in [0.2, 0.25) is 0 Å². The number of nitrogens with zero attached hydrogens (tertiary/aromatic N) is 5. The van der Waals surface area contributed by atoms with E-state index in [2.05, 4.69) is 25.1 Å². The lowest BCUT2D eigenvalue weighted by molar-refractivity contribution is -0.286. The fraction of sp³-hybridized carbons (Fsp3) is 0.348. The number of rotatable bonds is 7. The van der Waals surface area contributed by atoms with Crippen LogP contribution in [0.3, 0.4) is 0 Å². The number of methoxy groups -OCH3 is 2. The van der Waals surface area contributed by atoms with Gasteiger partial charge in [-0.2, -0.15) is 4.52 Å². The van der Waals surface area contributed by atoms with Crippen molar-refractivity contribution in [2.45, 2.75) is 25.3 Å². The Hall–Kier alpha value is -4.07. The number of alkyl halides is 4. The standard InChI is InChI=1S/C23H20F4N6O4/c1-34-13-4-3-12(16(7-13)35-2)8-28-21-30-18-14(5-6-15-19(18)37-23(26,27)36-15)20-29-17(31-33(20)21)9-32-10-22(24,25)11-32/h3-7H,8-11H2,1-2H3,(H,28,30). The summed E-state index contributed by atoms with van der Waals surface area (Å²) in [5.74, 6) is -1.53. The Morgan fingerprint density at radius 3 is 2.57 bits per heavy atom. The molecule has 2 aliphatic heterocycles. The van der Waals surface area contributed by atoms with Crippen LogP contribution in [0.15, 0.2) is 30.3 Å². The quantitative estimate of drug-likeness (QED) is 0.366. The Labute approximate surface area is 206 Å². The Morgan fingerprint density at radius 2 is 1.84 bits per heavy atom. The number of anilines is 1. The molecule has 4 heterocycles. The molecule has 2 aliphatic rings. The Balaban J connectivity index is 1.41. The van der Waals surface area contributed by atoms with Crippen LogP contribution in [0.4, 0.5) is 23.5 Å². The SMILES string of the molecule is COc1ccc(CNc2nc3c4c(ccc3c3nc(CN5CC(F)(F)C5)nn23)OC(F)(F)O4)c(OC)c1. The molecule has 194 valence electrons. The molecule has 0 aliphatic carbocycles. The van der Waals surface area contributed by atoms with E-state index in [0.29, 0.717) is 16.9 Å². The number of hydrogen-bond donors (Lipinski definition) is 1. The van der Waals surface area contributed by atoms with Gasteiger partial charge in [0.1, 0.15) is 17.0 Å².